The molecule has 1 aliphatic heterocycles. The highest BCUT2D eigenvalue weighted by atomic mass is 16.5. The van der Waals surface area contributed by atoms with Gasteiger partial charge in [-0.3, -0.25) is 4.98 Å². The van der Waals surface area contributed by atoms with Crippen molar-refractivity contribution in [3.05, 3.63) is 48.2 Å². The summed E-state index contributed by atoms with van der Waals surface area (Å²) in [6.45, 7) is 2.11. The van der Waals surface area contributed by atoms with E-state index in [4.69, 9.17) is 9.84 Å². The second-order valence-corrected chi connectivity index (χ2v) is 5.09. The lowest BCUT2D eigenvalue weighted by Crippen LogP contribution is -2.24. The highest BCUT2D eigenvalue weighted by Gasteiger charge is 2.24. The number of aromatic nitrogens is 3. The fourth-order valence-corrected chi connectivity index (χ4v) is 2.36. The van der Waals surface area contributed by atoms with E-state index in [-0.39, 0.29) is 11.8 Å². The molecule has 0 aliphatic carbocycles. The van der Waals surface area contributed by atoms with Gasteiger partial charge in [0.2, 0.25) is 0 Å². The number of hydrogen-bond acceptors (Lipinski definition) is 6. The minimum absolute atomic E-state index is 0.0477. The van der Waals surface area contributed by atoms with Crippen molar-refractivity contribution in [2.45, 2.75) is 19.1 Å². The fraction of sp³-hybridized carbons (Fsp3) is 0.333. The Hall–Kier alpha value is -2.54. The van der Waals surface area contributed by atoms with Crippen LogP contribution in [0.4, 0.5) is 5.82 Å². The lowest BCUT2D eigenvalue weighted by Gasteiger charge is -2.17. The molecule has 2 aromatic heterocycles. The lowest BCUT2D eigenvalue weighted by molar-refractivity contribution is 0.0553. The summed E-state index contributed by atoms with van der Waals surface area (Å²) in [6.07, 6.45) is 7.32. The monoisotopic (exact) mass is 300 g/mol. The molecule has 1 atom stereocenters. The normalized spacial score (nSPS) is 17.6. The van der Waals surface area contributed by atoms with Gasteiger partial charge in [0.05, 0.1) is 25.1 Å². The number of hydrogen-bond donors (Lipinski definition) is 1. The SMILES string of the molecule is O=C(O)c1cnc(N2CCC(OCc3ccncc3)C2)cn1. The number of carboxylic acid groups (broad SMARTS) is 1. The standard InChI is InChI=1S/C15H16N4O3/c20-15(21)13-7-18-14(8-17-13)19-6-3-12(9-19)22-10-11-1-4-16-5-2-11/h1-2,4-5,7-8,12H,3,6,9-10H2,(H,20,21). The van der Waals surface area contributed by atoms with Crippen LogP contribution in [0.3, 0.4) is 0 Å². The maximum absolute atomic E-state index is 10.8. The van der Waals surface area contributed by atoms with Crippen LogP contribution in [0.15, 0.2) is 36.9 Å². The van der Waals surface area contributed by atoms with Crippen molar-refractivity contribution in [3.8, 4) is 0 Å². The molecule has 114 valence electrons. The van der Waals surface area contributed by atoms with Crippen LogP contribution < -0.4 is 4.90 Å². The van der Waals surface area contributed by atoms with E-state index in [1.807, 2.05) is 12.1 Å². The van der Waals surface area contributed by atoms with Gasteiger partial charge >= 0.3 is 5.97 Å². The van der Waals surface area contributed by atoms with Crippen molar-refractivity contribution in [2.75, 3.05) is 18.0 Å². The first-order valence-corrected chi connectivity index (χ1v) is 7.03. The highest BCUT2D eigenvalue weighted by molar-refractivity contribution is 5.84. The maximum Gasteiger partial charge on any atom is 0.356 e. The van der Waals surface area contributed by atoms with Gasteiger partial charge in [-0.1, -0.05) is 0 Å². The van der Waals surface area contributed by atoms with Gasteiger partial charge in [-0.2, -0.15) is 0 Å². The van der Waals surface area contributed by atoms with Gasteiger partial charge < -0.3 is 14.7 Å². The molecule has 1 saturated heterocycles. The maximum atomic E-state index is 10.8. The Morgan fingerprint density at radius 1 is 1.32 bits per heavy atom. The summed E-state index contributed by atoms with van der Waals surface area (Å²) in [5.41, 5.74) is 1.05. The first-order valence-electron chi connectivity index (χ1n) is 7.03. The van der Waals surface area contributed by atoms with Crippen LogP contribution in [0.1, 0.15) is 22.5 Å². The van der Waals surface area contributed by atoms with Crippen LogP contribution in [0, 0.1) is 0 Å². The lowest BCUT2D eigenvalue weighted by atomic mass is 10.3. The van der Waals surface area contributed by atoms with Crippen molar-refractivity contribution < 1.29 is 14.6 Å². The van der Waals surface area contributed by atoms with Crippen LogP contribution >= 0.6 is 0 Å². The molecule has 1 N–H and O–H groups in total. The second kappa shape index (κ2) is 6.48. The number of carbonyl (C=O) groups is 1. The molecule has 7 heteroatoms. The number of ether oxygens (including phenoxy) is 1. The Morgan fingerprint density at radius 2 is 2.14 bits per heavy atom. The molecule has 1 fully saturated rings. The molecule has 0 spiro atoms. The van der Waals surface area contributed by atoms with Gasteiger partial charge in [-0.05, 0) is 24.1 Å². The molecule has 0 radical (unpaired) electrons. The highest BCUT2D eigenvalue weighted by Crippen LogP contribution is 2.20. The molecular formula is C15H16N4O3. The van der Waals surface area contributed by atoms with E-state index < -0.39 is 5.97 Å². The molecule has 1 aliphatic rings. The first kappa shape index (κ1) is 14.4. The minimum atomic E-state index is -1.07. The average Bonchev–Trinajstić information content (AvgIpc) is 3.03. The van der Waals surface area contributed by atoms with Gasteiger partial charge in [0.15, 0.2) is 5.69 Å². The number of aromatic carboxylic acids is 1. The number of pyridine rings is 1. The summed E-state index contributed by atoms with van der Waals surface area (Å²) in [5, 5.41) is 8.82. The van der Waals surface area contributed by atoms with E-state index in [1.165, 1.54) is 12.4 Å². The Morgan fingerprint density at radius 3 is 2.82 bits per heavy atom. The third-order valence-electron chi connectivity index (χ3n) is 3.56. The quantitative estimate of drug-likeness (QED) is 0.892. The summed E-state index contributed by atoms with van der Waals surface area (Å²) in [5.74, 6) is -0.390. The minimum Gasteiger partial charge on any atom is -0.476 e. The molecule has 0 aromatic carbocycles. The van der Waals surface area contributed by atoms with Gasteiger partial charge in [-0.15, -0.1) is 0 Å². The average molecular weight is 300 g/mol. The molecular weight excluding hydrogens is 284 g/mol. The molecule has 7 nitrogen and oxygen atoms in total. The molecule has 22 heavy (non-hydrogen) atoms. The van der Waals surface area contributed by atoms with Crippen LogP contribution in [-0.4, -0.2) is 45.2 Å². The Balaban J connectivity index is 1.54. The summed E-state index contributed by atoms with van der Waals surface area (Å²) in [4.78, 5) is 24.8. The van der Waals surface area contributed by atoms with Crippen molar-refractivity contribution in [2.24, 2.45) is 0 Å². The van der Waals surface area contributed by atoms with Crippen molar-refractivity contribution in [1.82, 2.24) is 15.0 Å². The van der Waals surface area contributed by atoms with Gasteiger partial charge in [0.1, 0.15) is 5.82 Å². The van der Waals surface area contributed by atoms with E-state index in [0.717, 1.165) is 25.1 Å². The summed E-state index contributed by atoms with van der Waals surface area (Å²) < 4.78 is 5.89. The third-order valence-corrected chi connectivity index (χ3v) is 3.56. The predicted octanol–water partition coefficient (Wildman–Crippen LogP) is 1.37. The number of nitrogens with zero attached hydrogens (tertiary/aromatic N) is 4. The fourth-order valence-electron chi connectivity index (χ4n) is 2.36. The van der Waals surface area contributed by atoms with Crippen LogP contribution in [0.25, 0.3) is 0 Å². The Kier molecular flexibility index (Phi) is 4.24. The number of rotatable bonds is 5. The van der Waals surface area contributed by atoms with E-state index >= 15 is 0 Å². The summed E-state index contributed by atoms with van der Waals surface area (Å²) in [6, 6.07) is 3.87. The van der Waals surface area contributed by atoms with Crippen LogP contribution in [-0.2, 0) is 11.3 Å². The number of anilines is 1. The molecule has 0 bridgehead atoms. The van der Waals surface area contributed by atoms with Crippen molar-refractivity contribution >= 4 is 11.8 Å². The van der Waals surface area contributed by atoms with Crippen molar-refractivity contribution in [3.63, 3.8) is 0 Å². The van der Waals surface area contributed by atoms with E-state index in [2.05, 4.69) is 19.9 Å². The molecule has 2 aromatic rings. The topological polar surface area (TPSA) is 88.4 Å². The zero-order valence-corrected chi connectivity index (χ0v) is 11.9. The molecule has 3 heterocycles. The first-order chi connectivity index (χ1) is 10.7. The van der Waals surface area contributed by atoms with E-state index in [0.29, 0.717) is 12.4 Å². The van der Waals surface area contributed by atoms with Gasteiger partial charge in [-0.25, -0.2) is 14.8 Å². The van der Waals surface area contributed by atoms with Gasteiger partial charge in [0.25, 0.3) is 0 Å². The van der Waals surface area contributed by atoms with Crippen molar-refractivity contribution in [1.29, 1.82) is 0 Å². The van der Waals surface area contributed by atoms with Gasteiger partial charge in [0, 0.05) is 25.5 Å². The molecule has 3 rings (SSSR count). The predicted molar refractivity (Wildman–Crippen MR) is 78.6 cm³/mol. The van der Waals surface area contributed by atoms with Crippen LogP contribution in [0.2, 0.25) is 0 Å². The van der Waals surface area contributed by atoms with Crippen LogP contribution in [0.5, 0.6) is 0 Å². The smallest absolute Gasteiger partial charge is 0.356 e. The second-order valence-electron chi connectivity index (χ2n) is 5.09. The zero-order chi connectivity index (χ0) is 15.4. The Bertz CT molecular complexity index is 633. The molecule has 1 unspecified atom stereocenters. The summed E-state index contributed by atoms with van der Waals surface area (Å²) >= 11 is 0. The zero-order valence-electron chi connectivity index (χ0n) is 11.9. The number of carboxylic acids is 1. The third kappa shape index (κ3) is 3.37. The molecule has 0 amide bonds. The Labute approximate surface area is 127 Å². The van der Waals surface area contributed by atoms with E-state index in [9.17, 15) is 4.79 Å². The molecule has 0 saturated carbocycles. The largest absolute Gasteiger partial charge is 0.476 e. The van der Waals surface area contributed by atoms with E-state index in [1.54, 1.807) is 12.4 Å². The summed E-state index contributed by atoms with van der Waals surface area (Å²) in [7, 11) is 0.